The van der Waals surface area contributed by atoms with Gasteiger partial charge in [-0.05, 0) is 42.7 Å². The van der Waals surface area contributed by atoms with Gasteiger partial charge in [0.1, 0.15) is 0 Å². The Hall–Kier alpha value is -2.21. The standard InChI is InChI=1S/C19H23N3O3/c23-19(15-3-5-18(6-4-15)22(24)25)21-9-7-20(8-10-21)13-17-12-14-1-2-16(17)11-14/h1-6,14,16-17H,7-13H2/t14-,16+,17-/m0/s1. The Morgan fingerprint density at radius 1 is 1.08 bits per heavy atom. The van der Waals surface area contributed by atoms with E-state index in [1.54, 1.807) is 12.1 Å². The SMILES string of the molecule is O=C(c1ccc([N+](=O)[O-])cc1)N1CCN(C[C@@H]2C[C@H]3C=C[C@@H]2C3)CC1. The van der Waals surface area contributed by atoms with Crippen molar-refractivity contribution in [2.45, 2.75) is 12.8 Å². The van der Waals surface area contributed by atoms with Crippen LogP contribution in [-0.2, 0) is 0 Å². The Balaban J connectivity index is 1.30. The molecule has 0 aromatic heterocycles. The third-order valence-electron chi connectivity index (χ3n) is 5.89. The van der Waals surface area contributed by atoms with Crippen LogP contribution >= 0.6 is 0 Å². The molecule has 132 valence electrons. The first kappa shape index (κ1) is 16.3. The van der Waals surface area contributed by atoms with Crippen molar-refractivity contribution in [1.82, 2.24) is 9.80 Å². The summed E-state index contributed by atoms with van der Waals surface area (Å²) in [6, 6.07) is 5.89. The van der Waals surface area contributed by atoms with Gasteiger partial charge in [0.15, 0.2) is 0 Å². The summed E-state index contributed by atoms with van der Waals surface area (Å²) >= 11 is 0. The van der Waals surface area contributed by atoms with Gasteiger partial charge in [-0.15, -0.1) is 0 Å². The number of carbonyl (C=O) groups is 1. The van der Waals surface area contributed by atoms with Crippen LogP contribution in [0.2, 0.25) is 0 Å². The average molecular weight is 341 g/mol. The fourth-order valence-corrected chi connectivity index (χ4v) is 4.48. The van der Waals surface area contributed by atoms with E-state index in [2.05, 4.69) is 17.1 Å². The molecule has 1 saturated heterocycles. The zero-order valence-corrected chi connectivity index (χ0v) is 14.2. The fraction of sp³-hybridized carbons (Fsp3) is 0.526. The lowest BCUT2D eigenvalue weighted by Gasteiger charge is -2.37. The van der Waals surface area contributed by atoms with E-state index < -0.39 is 4.92 Å². The number of piperazine rings is 1. The van der Waals surface area contributed by atoms with Gasteiger partial charge in [0.2, 0.25) is 0 Å². The summed E-state index contributed by atoms with van der Waals surface area (Å²) in [7, 11) is 0. The van der Waals surface area contributed by atoms with Gasteiger partial charge in [0, 0.05) is 50.4 Å². The predicted octanol–water partition coefficient (Wildman–Crippen LogP) is 2.56. The maximum absolute atomic E-state index is 12.6. The zero-order chi connectivity index (χ0) is 17.4. The van der Waals surface area contributed by atoms with E-state index >= 15 is 0 Å². The van der Waals surface area contributed by atoms with Crippen molar-refractivity contribution in [1.29, 1.82) is 0 Å². The number of hydrogen-bond donors (Lipinski definition) is 0. The average Bonchev–Trinajstić information content (AvgIpc) is 3.25. The monoisotopic (exact) mass is 341 g/mol. The molecule has 4 rings (SSSR count). The molecular weight excluding hydrogens is 318 g/mol. The number of non-ortho nitro benzene ring substituents is 1. The molecule has 1 amide bonds. The Morgan fingerprint density at radius 3 is 2.36 bits per heavy atom. The molecule has 1 saturated carbocycles. The van der Waals surface area contributed by atoms with Crippen molar-refractivity contribution in [2.24, 2.45) is 17.8 Å². The van der Waals surface area contributed by atoms with Crippen LogP contribution in [-0.4, -0.2) is 53.4 Å². The van der Waals surface area contributed by atoms with Gasteiger partial charge < -0.3 is 4.90 Å². The van der Waals surface area contributed by atoms with Crippen LogP contribution in [0.3, 0.4) is 0 Å². The summed E-state index contributed by atoms with van der Waals surface area (Å²) in [5.41, 5.74) is 0.540. The van der Waals surface area contributed by atoms with Crippen molar-refractivity contribution in [2.75, 3.05) is 32.7 Å². The van der Waals surface area contributed by atoms with Gasteiger partial charge in [0.05, 0.1) is 4.92 Å². The lowest BCUT2D eigenvalue weighted by atomic mass is 9.93. The van der Waals surface area contributed by atoms with Crippen LogP contribution in [0.15, 0.2) is 36.4 Å². The molecule has 2 aliphatic carbocycles. The van der Waals surface area contributed by atoms with Crippen LogP contribution in [0, 0.1) is 27.9 Å². The van der Waals surface area contributed by atoms with Crippen molar-refractivity contribution in [3.8, 4) is 0 Å². The van der Waals surface area contributed by atoms with E-state index in [4.69, 9.17) is 0 Å². The molecule has 0 unspecified atom stereocenters. The summed E-state index contributed by atoms with van der Waals surface area (Å²) < 4.78 is 0. The molecule has 0 spiro atoms. The number of carbonyl (C=O) groups excluding carboxylic acids is 1. The zero-order valence-electron chi connectivity index (χ0n) is 14.2. The number of hydrogen-bond acceptors (Lipinski definition) is 4. The lowest BCUT2D eigenvalue weighted by Crippen LogP contribution is -2.50. The van der Waals surface area contributed by atoms with Crippen molar-refractivity contribution in [3.05, 3.63) is 52.1 Å². The second-order valence-electron chi connectivity index (χ2n) is 7.44. The van der Waals surface area contributed by atoms with Crippen LogP contribution in [0.1, 0.15) is 23.2 Å². The number of nitro groups is 1. The van der Waals surface area contributed by atoms with Gasteiger partial charge >= 0.3 is 0 Å². The highest BCUT2D eigenvalue weighted by Gasteiger charge is 2.36. The topological polar surface area (TPSA) is 66.7 Å². The second-order valence-corrected chi connectivity index (χ2v) is 7.44. The van der Waals surface area contributed by atoms with E-state index in [0.717, 1.165) is 50.5 Å². The molecule has 6 heteroatoms. The highest BCUT2D eigenvalue weighted by atomic mass is 16.6. The van der Waals surface area contributed by atoms with Crippen molar-refractivity contribution < 1.29 is 9.72 Å². The summed E-state index contributed by atoms with van der Waals surface area (Å²) in [4.78, 5) is 27.2. The van der Waals surface area contributed by atoms with Gasteiger partial charge in [-0.25, -0.2) is 0 Å². The second kappa shape index (κ2) is 6.59. The third kappa shape index (κ3) is 3.31. The molecule has 6 nitrogen and oxygen atoms in total. The fourth-order valence-electron chi connectivity index (χ4n) is 4.48. The van der Waals surface area contributed by atoms with Gasteiger partial charge in [-0.3, -0.25) is 19.8 Å². The minimum absolute atomic E-state index is 0.0151. The lowest BCUT2D eigenvalue weighted by molar-refractivity contribution is -0.384. The normalized spacial score (nSPS) is 28.5. The molecule has 1 aliphatic heterocycles. The molecule has 0 N–H and O–H groups in total. The molecule has 1 heterocycles. The summed E-state index contributed by atoms with van der Waals surface area (Å²) in [6.07, 6.45) is 7.43. The Morgan fingerprint density at radius 2 is 1.80 bits per heavy atom. The highest BCUT2D eigenvalue weighted by molar-refractivity contribution is 5.94. The summed E-state index contributed by atoms with van der Waals surface area (Å²) in [5.74, 6) is 2.33. The van der Waals surface area contributed by atoms with E-state index in [9.17, 15) is 14.9 Å². The predicted molar refractivity (Wildman–Crippen MR) is 94.3 cm³/mol. The van der Waals surface area contributed by atoms with E-state index in [0.29, 0.717) is 5.56 Å². The van der Waals surface area contributed by atoms with Gasteiger partial charge in [-0.2, -0.15) is 0 Å². The highest BCUT2D eigenvalue weighted by Crippen LogP contribution is 2.43. The Labute approximate surface area is 147 Å². The molecular formula is C19H23N3O3. The molecule has 25 heavy (non-hydrogen) atoms. The van der Waals surface area contributed by atoms with Gasteiger partial charge in [0.25, 0.3) is 11.6 Å². The number of amides is 1. The van der Waals surface area contributed by atoms with Crippen LogP contribution < -0.4 is 0 Å². The molecule has 1 aromatic carbocycles. The molecule has 2 fully saturated rings. The number of nitrogens with zero attached hydrogens (tertiary/aromatic N) is 3. The number of benzene rings is 1. The first-order valence-electron chi connectivity index (χ1n) is 9.04. The number of nitro benzene ring substituents is 1. The van der Waals surface area contributed by atoms with E-state index in [1.807, 2.05) is 4.90 Å². The number of allylic oxidation sites excluding steroid dienone is 2. The van der Waals surface area contributed by atoms with E-state index in [-0.39, 0.29) is 11.6 Å². The van der Waals surface area contributed by atoms with E-state index in [1.165, 1.54) is 25.0 Å². The van der Waals surface area contributed by atoms with Crippen LogP contribution in [0.4, 0.5) is 5.69 Å². The summed E-state index contributed by atoms with van der Waals surface area (Å²) in [6.45, 7) is 4.43. The largest absolute Gasteiger partial charge is 0.336 e. The third-order valence-corrected chi connectivity index (χ3v) is 5.89. The molecule has 1 aromatic rings. The van der Waals surface area contributed by atoms with Crippen molar-refractivity contribution >= 4 is 11.6 Å². The van der Waals surface area contributed by atoms with Crippen LogP contribution in [0.25, 0.3) is 0 Å². The molecule has 3 aliphatic rings. The quantitative estimate of drug-likeness (QED) is 0.480. The molecule has 2 bridgehead atoms. The molecule has 3 atom stereocenters. The summed E-state index contributed by atoms with van der Waals surface area (Å²) in [5, 5.41) is 10.7. The maximum atomic E-state index is 12.6. The van der Waals surface area contributed by atoms with Crippen LogP contribution in [0.5, 0.6) is 0 Å². The minimum atomic E-state index is -0.447. The van der Waals surface area contributed by atoms with Crippen molar-refractivity contribution in [3.63, 3.8) is 0 Å². The first-order valence-corrected chi connectivity index (χ1v) is 9.04. The first-order chi connectivity index (χ1) is 12.1. The number of fused-ring (bicyclic) bond motifs is 2. The minimum Gasteiger partial charge on any atom is -0.336 e. The number of rotatable bonds is 4. The van der Waals surface area contributed by atoms with Gasteiger partial charge in [-0.1, -0.05) is 12.2 Å². The Kier molecular flexibility index (Phi) is 4.29. The molecule has 0 radical (unpaired) electrons. The Bertz CT molecular complexity index is 692. The maximum Gasteiger partial charge on any atom is 0.269 e. The smallest absolute Gasteiger partial charge is 0.269 e.